The Morgan fingerprint density at radius 3 is 2.66 bits per heavy atom. The summed E-state index contributed by atoms with van der Waals surface area (Å²) < 4.78 is 52.6. The number of hydrogen-bond donors (Lipinski definition) is 2. The van der Waals surface area contributed by atoms with Crippen molar-refractivity contribution in [1.82, 2.24) is 9.78 Å². The van der Waals surface area contributed by atoms with Gasteiger partial charge in [-0.3, -0.25) is 4.79 Å². The van der Waals surface area contributed by atoms with Crippen LogP contribution in [0.2, 0.25) is 5.02 Å². The lowest BCUT2D eigenvalue weighted by atomic mass is 10.0. The van der Waals surface area contributed by atoms with Crippen LogP contribution in [0, 0.1) is 0 Å². The summed E-state index contributed by atoms with van der Waals surface area (Å²) in [7, 11) is 2.91. The second kappa shape index (κ2) is 8.55. The Kier molecular flexibility index (Phi) is 5.95. The quantitative estimate of drug-likeness (QED) is 0.496. The summed E-state index contributed by atoms with van der Waals surface area (Å²) in [6, 6.07) is 5.65. The van der Waals surface area contributed by atoms with E-state index in [1.54, 1.807) is 29.6 Å². The molecule has 2 unspecified atom stereocenters. The van der Waals surface area contributed by atoms with E-state index in [0.717, 1.165) is 9.56 Å². The van der Waals surface area contributed by atoms with Crippen molar-refractivity contribution in [1.29, 1.82) is 0 Å². The highest BCUT2D eigenvalue weighted by Gasteiger charge is 2.48. The molecule has 4 rings (SSSR count). The molecule has 32 heavy (non-hydrogen) atoms. The zero-order valence-corrected chi connectivity index (χ0v) is 18.4. The van der Waals surface area contributed by atoms with Gasteiger partial charge in [0.1, 0.15) is 10.8 Å². The number of aromatic nitrogens is 2. The zero-order chi connectivity index (χ0) is 23.0. The summed E-state index contributed by atoms with van der Waals surface area (Å²) in [6.07, 6.45) is -4.84. The Labute approximate surface area is 190 Å². The van der Waals surface area contributed by atoms with Gasteiger partial charge in [-0.05, 0) is 23.6 Å². The van der Waals surface area contributed by atoms with E-state index in [1.165, 1.54) is 31.6 Å². The standard InChI is InChI=1S/C20H18ClF3N4O3S/c1-30-12-6-5-10(8-13(12)31-2)25-19(29)17-16(21)18-26-11(14-4-3-7-32-14)9-15(20(22,23)24)28(18)27-17/h3-8,11,15,26H,9H2,1-2H3,(H,25,29). The number of ether oxygens (including phenoxy) is 2. The lowest BCUT2D eigenvalue weighted by Gasteiger charge is -2.32. The Morgan fingerprint density at radius 1 is 1.28 bits per heavy atom. The third kappa shape index (κ3) is 4.09. The molecular weight excluding hydrogens is 469 g/mol. The van der Waals surface area contributed by atoms with Crippen molar-refractivity contribution in [2.75, 3.05) is 24.9 Å². The molecule has 0 aliphatic carbocycles. The molecule has 0 bridgehead atoms. The topological polar surface area (TPSA) is 77.4 Å². The van der Waals surface area contributed by atoms with Gasteiger partial charge in [0.15, 0.2) is 23.2 Å². The summed E-state index contributed by atoms with van der Waals surface area (Å²) in [4.78, 5) is 13.6. The van der Waals surface area contributed by atoms with Crippen LogP contribution in [0.1, 0.15) is 33.9 Å². The van der Waals surface area contributed by atoms with E-state index in [4.69, 9.17) is 21.1 Å². The molecule has 1 aliphatic rings. The summed E-state index contributed by atoms with van der Waals surface area (Å²) in [5, 5.41) is 11.1. The van der Waals surface area contributed by atoms with Crippen molar-refractivity contribution in [3.05, 3.63) is 51.3 Å². The molecule has 2 atom stereocenters. The van der Waals surface area contributed by atoms with Crippen LogP contribution in [0.4, 0.5) is 24.7 Å². The number of thiophene rings is 1. The molecule has 0 radical (unpaired) electrons. The average molecular weight is 487 g/mol. The van der Waals surface area contributed by atoms with Gasteiger partial charge < -0.3 is 20.1 Å². The van der Waals surface area contributed by atoms with Gasteiger partial charge in [0.25, 0.3) is 5.91 Å². The largest absolute Gasteiger partial charge is 0.493 e. The first-order valence-corrected chi connectivity index (χ1v) is 10.7. The van der Waals surface area contributed by atoms with Crippen molar-refractivity contribution in [2.24, 2.45) is 0 Å². The third-order valence-corrected chi connectivity index (χ3v) is 6.38. The maximum Gasteiger partial charge on any atom is 0.410 e. The molecule has 0 saturated heterocycles. The molecule has 0 saturated carbocycles. The maximum atomic E-state index is 13.8. The molecule has 170 valence electrons. The van der Waals surface area contributed by atoms with Gasteiger partial charge in [0.2, 0.25) is 0 Å². The summed E-state index contributed by atoms with van der Waals surface area (Å²) in [5.74, 6) is 0.0339. The van der Waals surface area contributed by atoms with Crippen molar-refractivity contribution in [3.63, 3.8) is 0 Å². The molecule has 2 aromatic heterocycles. The lowest BCUT2D eigenvalue weighted by Crippen LogP contribution is -2.35. The van der Waals surface area contributed by atoms with Crippen LogP contribution in [0.3, 0.4) is 0 Å². The Hall–Kier alpha value is -2.92. The second-order valence-electron chi connectivity index (χ2n) is 6.99. The van der Waals surface area contributed by atoms with Crippen LogP contribution in [-0.4, -0.2) is 36.1 Å². The fraction of sp³-hybridized carbons (Fsp3) is 0.300. The molecule has 0 spiro atoms. The fourth-order valence-electron chi connectivity index (χ4n) is 3.51. The maximum absolute atomic E-state index is 13.8. The van der Waals surface area contributed by atoms with Crippen molar-refractivity contribution in [2.45, 2.75) is 24.7 Å². The minimum atomic E-state index is -4.57. The highest BCUT2D eigenvalue weighted by Crippen LogP contribution is 2.47. The van der Waals surface area contributed by atoms with E-state index < -0.39 is 24.2 Å². The van der Waals surface area contributed by atoms with Gasteiger partial charge in [-0.15, -0.1) is 11.3 Å². The van der Waals surface area contributed by atoms with Crippen LogP contribution in [0.15, 0.2) is 35.7 Å². The number of carbonyl (C=O) groups is 1. The first-order chi connectivity index (χ1) is 15.2. The Bertz CT molecular complexity index is 1130. The third-order valence-electron chi connectivity index (χ3n) is 5.04. The molecule has 3 heterocycles. The molecular formula is C20H18ClF3N4O3S. The number of hydrogen-bond acceptors (Lipinski definition) is 6. The fourth-order valence-corrected chi connectivity index (χ4v) is 4.57. The number of benzene rings is 1. The van der Waals surface area contributed by atoms with E-state index in [0.29, 0.717) is 17.2 Å². The highest BCUT2D eigenvalue weighted by atomic mass is 35.5. The number of fused-ring (bicyclic) bond motifs is 1. The van der Waals surface area contributed by atoms with E-state index in [1.807, 2.05) is 0 Å². The number of nitrogens with one attached hydrogen (secondary N) is 2. The van der Waals surface area contributed by atoms with E-state index in [2.05, 4.69) is 15.7 Å². The highest BCUT2D eigenvalue weighted by molar-refractivity contribution is 7.10. The van der Waals surface area contributed by atoms with Gasteiger partial charge in [-0.2, -0.15) is 18.3 Å². The summed E-state index contributed by atoms with van der Waals surface area (Å²) >= 11 is 7.68. The SMILES string of the molecule is COc1ccc(NC(=O)c2nn3c(c2Cl)NC(c2cccs2)CC3C(F)(F)F)cc1OC. The van der Waals surface area contributed by atoms with Crippen LogP contribution in [-0.2, 0) is 0 Å². The molecule has 1 aromatic carbocycles. The number of anilines is 2. The lowest BCUT2D eigenvalue weighted by molar-refractivity contribution is -0.173. The van der Waals surface area contributed by atoms with Gasteiger partial charge >= 0.3 is 6.18 Å². The number of methoxy groups -OCH3 is 2. The molecule has 3 aromatic rings. The minimum absolute atomic E-state index is 0.0453. The van der Waals surface area contributed by atoms with E-state index in [9.17, 15) is 18.0 Å². The predicted octanol–water partition coefficient (Wildman–Crippen LogP) is 5.53. The molecule has 7 nitrogen and oxygen atoms in total. The van der Waals surface area contributed by atoms with Gasteiger partial charge in [-0.1, -0.05) is 17.7 Å². The van der Waals surface area contributed by atoms with Crippen molar-refractivity contribution in [3.8, 4) is 11.5 Å². The smallest absolute Gasteiger partial charge is 0.410 e. The number of halogens is 4. The summed E-state index contributed by atoms with van der Waals surface area (Å²) in [5.41, 5.74) is 0.0245. The number of alkyl halides is 3. The molecule has 12 heteroatoms. The van der Waals surface area contributed by atoms with Crippen LogP contribution in [0.5, 0.6) is 11.5 Å². The van der Waals surface area contributed by atoms with Gasteiger partial charge in [0.05, 0.1) is 20.3 Å². The van der Waals surface area contributed by atoms with Gasteiger partial charge in [-0.25, -0.2) is 4.68 Å². The number of amides is 1. The van der Waals surface area contributed by atoms with Crippen molar-refractivity contribution >= 4 is 40.4 Å². The van der Waals surface area contributed by atoms with E-state index >= 15 is 0 Å². The summed E-state index contributed by atoms with van der Waals surface area (Å²) in [6.45, 7) is 0. The molecule has 2 N–H and O–H groups in total. The number of carbonyl (C=O) groups excluding carboxylic acids is 1. The molecule has 0 fully saturated rings. The average Bonchev–Trinajstić information content (AvgIpc) is 3.41. The first kappa shape index (κ1) is 22.3. The predicted molar refractivity (Wildman–Crippen MR) is 115 cm³/mol. The molecule has 1 aliphatic heterocycles. The van der Waals surface area contributed by atoms with Gasteiger partial charge in [0, 0.05) is 23.1 Å². The normalized spacial score (nSPS) is 17.9. The monoisotopic (exact) mass is 486 g/mol. The zero-order valence-electron chi connectivity index (χ0n) is 16.9. The Balaban J connectivity index is 1.67. The number of rotatable bonds is 5. The first-order valence-electron chi connectivity index (χ1n) is 9.41. The minimum Gasteiger partial charge on any atom is -0.493 e. The van der Waals surface area contributed by atoms with Crippen LogP contribution in [0.25, 0.3) is 0 Å². The molecule has 1 amide bonds. The second-order valence-corrected chi connectivity index (χ2v) is 8.34. The van der Waals surface area contributed by atoms with E-state index in [-0.39, 0.29) is 23.0 Å². The van der Waals surface area contributed by atoms with Crippen LogP contribution < -0.4 is 20.1 Å². The van der Waals surface area contributed by atoms with Crippen molar-refractivity contribution < 1.29 is 27.4 Å². The number of nitrogens with zero attached hydrogens (tertiary/aromatic N) is 2. The Morgan fingerprint density at radius 2 is 2.03 bits per heavy atom. The van der Waals surface area contributed by atoms with Crippen LogP contribution >= 0.6 is 22.9 Å².